The third-order valence-electron chi connectivity index (χ3n) is 5.22. The second kappa shape index (κ2) is 7.81. The Hall–Kier alpha value is -2.57. The van der Waals surface area contributed by atoms with Crippen LogP contribution in [0.5, 0.6) is 0 Å². The summed E-state index contributed by atoms with van der Waals surface area (Å²) in [4.78, 5) is 40.6. The third kappa shape index (κ3) is 3.84. The van der Waals surface area contributed by atoms with Crippen LogP contribution in [0.25, 0.3) is 0 Å². The van der Waals surface area contributed by atoms with Crippen LogP contribution in [-0.2, 0) is 20.7 Å². The minimum atomic E-state index is -0.603. The van der Waals surface area contributed by atoms with Crippen LogP contribution in [0.4, 0.5) is 10.5 Å². The molecule has 0 aromatic heterocycles. The quantitative estimate of drug-likeness (QED) is 0.585. The number of likely N-dealkylation sites (tertiary alicyclic amines) is 1. The molecule has 28 heavy (non-hydrogen) atoms. The van der Waals surface area contributed by atoms with Crippen molar-refractivity contribution in [3.05, 3.63) is 29.3 Å². The molecule has 0 bridgehead atoms. The molecule has 0 unspecified atom stereocenters. The first-order valence-corrected chi connectivity index (χ1v) is 9.69. The van der Waals surface area contributed by atoms with Gasteiger partial charge in [0.05, 0.1) is 7.11 Å². The van der Waals surface area contributed by atoms with Gasteiger partial charge in [0.25, 0.3) is 0 Å². The van der Waals surface area contributed by atoms with Gasteiger partial charge in [0, 0.05) is 24.2 Å². The molecule has 2 heterocycles. The van der Waals surface area contributed by atoms with E-state index >= 15 is 0 Å². The molecule has 1 aromatic rings. The molecule has 3 rings (SSSR count). The molecule has 0 aliphatic carbocycles. The van der Waals surface area contributed by atoms with Crippen molar-refractivity contribution >= 4 is 24.0 Å². The fourth-order valence-corrected chi connectivity index (χ4v) is 4.06. The number of rotatable bonds is 3. The minimum absolute atomic E-state index is 0.323. The highest BCUT2D eigenvalue weighted by Crippen LogP contribution is 2.39. The lowest BCUT2D eigenvalue weighted by Crippen LogP contribution is -2.58. The fourth-order valence-electron chi connectivity index (χ4n) is 4.06. The van der Waals surface area contributed by atoms with Gasteiger partial charge in [-0.05, 0) is 51.7 Å². The second-order valence-corrected chi connectivity index (χ2v) is 8.26. The van der Waals surface area contributed by atoms with E-state index in [1.54, 1.807) is 17.0 Å². The van der Waals surface area contributed by atoms with Crippen LogP contribution in [0.2, 0.25) is 0 Å². The summed E-state index contributed by atoms with van der Waals surface area (Å²) in [5.74, 6) is -0.372. The topological polar surface area (TPSA) is 76.2 Å². The number of carbonyl (C=O) groups excluding carboxylic acids is 3. The Morgan fingerprint density at radius 1 is 1.21 bits per heavy atom. The molecule has 2 aliphatic rings. The molecule has 1 saturated heterocycles. The lowest BCUT2D eigenvalue weighted by Gasteiger charge is -2.44. The summed E-state index contributed by atoms with van der Waals surface area (Å²) in [6.45, 7) is 6.07. The van der Waals surface area contributed by atoms with Crippen LogP contribution in [0.15, 0.2) is 18.2 Å². The first-order valence-electron chi connectivity index (χ1n) is 9.69. The lowest BCUT2D eigenvalue weighted by atomic mass is 10.0. The summed E-state index contributed by atoms with van der Waals surface area (Å²) in [5, 5.41) is 0. The molecule has 0 saturated carbocycles. The molecule has 1 fully saturated rings. The highest BCUT2D eigenvalue weighted by molar-refractivity contribution is 5.89. The van der Waals surface area contributed by atoms with Gasteiger partial charge in [-0.3, -0.25) is 9.69 Å². The van der Waals surface area contributed by atoms with Crippen molar-refractivity contribution in [3.8, 4) is 0 Å². The zero-order valence-corrected chi connectivity index (χ0v) is 16.9. The van der Waals surface area contributed by atoms with Crippen LogP contribution in [0, 0.1) is 0 Å². The highest BCUT2D eigenvalue weighted by Gasteiger charge is 2.44. The third-order valence-corrected chi connectivity index (χ3v) is 5.22. The number of anilines is 1. The second-order valence-electron chi connectivity index (χ2n) is 8.26. The van der Waals surface area contributed by atoms with Crippen LogP contribution in [0.1, 0.15) is 56.0 Å². The number of benzene rings is 1. The molecule has 7 nitrogen and oxygen atoms in total. The summed E-state index contributed by atoms with van der Waals surface area (Å²) in [7, 11) is 1.36. The molecule has 2 atom stereocenters. The molecule has 1 amide bonds. The summed E-state index contributed by atoms with van der Waals surface area (Å²) < 4.78 is 10.6. The number of amides is 1. The summed E-state index contributed by atoms with van der Waals surface area (Å²) in [6, 6.07) is 4.87. The average molecular weight is 388 g/mol. The van der Waals surface area contributed by atoms with Crippen LogP contribution >= 0.6 is 0 Å². The molecule has 0 radical (unpaired) electrons. The highest BCUT2D eigenvalue weighted by atomic mass is 16.6. The maximum Gasteiger partial charge on any atom is 0.411 e. The lowest BCUT2D eigenvalue weighted by molar-refractivity contribution is -0.142. The van der Waals surface area contributed by atoms with Crippen LogP contribution in [0.3, 0.4) is 0 Å². The Labute approximate surface area is 165 Å². The molecule has 1 aromatic carbocycles. The van der Waals surface area contributed by atoms with E-state index in [4.69, 9.17) is 9.47 Å². The van der Waals surface area contributed by atoms with Crippen molar-refractivity contribution < 1.29 is 23.9 Å². The predicted octanol–water partition coefficient (Wildman–Crippen LogP) is 3.15. The van der Waals surface area contributed by atoms with Gasteiger partial charge < -0.3 is 14.4 Å². The Balaban J connectivity index is 2.00. The van der Waals surface area contributed by atoms with Gasteiger partial charge in [-0.15, -0.1) is 0 Å². The standard InChI is InChI=1S/C21H28N2O5/c1-21(2,3)28-20(26)22-11-6-5-10-18(22)23-16-9-7-8-14(13-24)15(16)12-17(23)19(25)27-4/h7-9,13,17-18H,5-6,10-12H2,1-4H3/t17-,18-/m0/s1. The number of aldehydes is 1. The van der Waals surface area contributed by atoms with Crippen molar-refractivity contribution in [3.63, 3.8) is 0 Å². The molecule has 2 aliphatic heterocycles. The number of carbonyl (C=O) groups is 3. The number of hydrogen-bond acceptors (Lipinski definition) is 6. The van der Waals surface area contributed by atoms with E-state index in [1.165, 1.54) is 7.11 Å². The zero-order valence-electron chi connectivity index (χ0n) is 16.9. The van der Waals surface area contributed by atoms with Crippen LogP contribution in [-0.4, -0.2) is 54.7 Å². The largest absolute Gasteiger partial charge is 0.467 e. The van der Waals surface area contributed by atoms with Gasteiger partial charge in [0.2, 0.25) is 0 Å². The van der Waals surface area contributed by atoms with E-state index in [1.807, 2.05) is 31.7 Å². The van der Waals surface area contributed by atoms with E-state index in [0.29, 0.717) is 18.5 Å². The van der Waals surface area contributed by atoms with Gasteiger partial charge in [-0.1, -0.05) is 12.1 Å². The van der Waals surface area contributed by atoms with E-state index in [-0.39, 0.29) is 18.2 Å². The number of nitrogens with zero attached hydrogens (tertiary/aromatic N) is 2. The van der Waals surface area contributed by atoms with E-state index < -0.39 is 11.6 Å². The Morgan fingerprint density at radius 2 is 1.96 bits per heavy atom. The Kier molecular flexibility index (Phi) is 5.63. The average Bonchev–Trinajstić information content (AvgIpc) is 3.05. The van der Waals surface area contributed by atoms with Crippen molar-refractivity contribution in [1.82, 2.24) is 4.90 Å². The predicted molar refractivity (Wildman–Crippen MR) is 104 cm³/mol. The van der Waals surface area contributed by atoms with Crippen LogP contribution < -0.4 is 4.90 Å². The number of fused-ring (bicyclic) bond motifs is 1. The summed E-state index contributed by atoms with van der Waals surface area (Å²) >= 11 is 0. The summed E-state index contributed by atoms with van der Waals surface area (Å²) in [6.07, 6.45) is 3.03. The Bertz CT molecular complexity index is 771. The van der Waals surface area contributed by atoms with Crippen molar-refractivity contribution in [2.45, 2.75) is 64.3 Å². The molecule has 0 spiro atoms. The van der Waals surface area contributed by atoms with Gasteiger partial charge in [0.1, 0.15) is 24.1 Å². The Morgan fingerprint density at radius 3 is 2.61 bits per heavy atom. The number of esters is 1. The van der Waals surface area contributed by atoms with Crippen molar-refractivity contribution in [2.75, 3.05) is 18.6 Å². The monoisotopic (exact) mass is 388 g/mol. The van der Waals surface area contributed by atoms with E-state index in [2.05, 4.69) is 0 Å². The smallest absolute Gasteiger partial charge is 0.411 e. The maximum absolute atomic E-state index is 12.9. The normalized spacial score (nSPS) is 21.9. The molecule has 7 heteroatoms. The minimum Gasteiger partial charge on any atom is -0.467 e. The van der Waals surface area contributed by atoms with Crippen molar-refractivity contribution in [2.24, 2.45) is 0 Å². The van der Waals surface area contributed by atoms with E-state index in [9.17, 15) is 14.4 Å². The van der Waals surface area contributed by atoms with Crippen molar-refractivity contribution in [1.29, 1.82) is 0 Å². The number of hydrogen-bond donors (Lipinski definition) is 0. The first kappa shape index (κ1) is 20.2. The number of ether oxygens (including phenoxy) is 2. The summed E-state index contributed by atoms with van der Waals surface area (Å²) in [5.41, 5.74) is 1.59. The van der Waals surface area contributed by atoms with Gasteiger partial charge in [-0.2, -0.15) is 0 Å². The SMILES string of the molecule is COC(=O)[C@@H]1Cc2c(C=O)cccc2N1[C@H]1CCCCN1C(=O)OC(C)(C)C. The molecular formula is C21H28N2O5. The van der Waals surface area contributed by atoms with Gasteiger partial charge in [0.15, 0.2) is 0 Å². The zero-order chi connectivity index (χ0) is 20.5. The fraction of sp³-hybridized carbons (Fsp3) is 0.571. The molecule has 152 valence electrons. The number of methoxy groups -OCH3 is 1. The molecule has 0 N–H and O–H groups in total. The van der Waals surface area contributed by atoms with Gasteiger partial charge >= 0.3 is 12.1 Å². The first-order chi connectivity index (χ1) is 13.3. The maximum atomic E-state index is 12.9. The molecular weight excluding hydrogens is 360 g/mol. The number of piperidine rings is 1. The van der Waals surface area contributed by atoms with E-state index in [0.717, 1.165) is 36.8 Å². The van der Waals surface area contributed by atoms with Gasteiger partial charge in [-0.25, -0.2) is 9.59 Å².